The molecule has 2 aromatic carbocycles. The molecule has 1 saturated heterocycles. The van der Waals surface area contributed by atoms with E-state index in [1.54, 1.807) is 11.6 Å². The lowest BCUT2D eigenvalue weighted by Crippen LogP contribution is -2.46. The first-order chi connectivity index (χ1) is 22.1. The molecule has 2 N–H and O–H groups in total. The van der Waals surface area contributed by atoms with Crippen molar-refractivity contribution >= 4 is 51.2 Å². The van der Waals surface area contributed by atoms with E-state index in [0.717, 1.165) is 79.4 Å². The fourth-order valence-electron chi connectivity index (χ4n) is 7.25. The van der Waals surface area contributed by atoms with Crippen LogP contribution in [0.15, 0.2) is 66.4 Å². The van der Waals surface area contributed by atoms with Crippen molar-refractivity contribution in [2.75, 3.05) is 49.1 Å². The maximum Gasteiger partial charge on any atom is 0.337 e. The SMILES string of the molecule is C[C@H]1CN(c2cc(N3CCN(CCC4=C(c5ccc(Cl)cc5)CC(C)(C)CC4)CC3)ccc2C(=O)O)c2cc3cc[nH]c3nc2O1. The van der Waals surface area contributed by atoms with Crippen molar-refractivity contribution in [3.8, 4) is 5.88 Å². The highest BCUT2D eigenvalue weighted by atomic mass is 35.5. The molecular weight excluding hydrogens is 598 g/mol. The van der Waals surface area contributed by atoms with E-state index in [0.29, 0.717) is 23.5 Å². The number of anilines is 3. The van der Waals surface area contributed by atoms with Crippen LogP contribution in [0, 0.1) is 5.41 Å². The van der Waals surface area contributed by atoms with Gasteiger partial charge in [-0.3, -0.25) is 4.90 Å². The number of aromatic carboxylic acids is 1. The summed E-state index contributed by atoms with van der Waals surface area (Å²) >= 11 is 6.21. The Morgan fingerprint density at radius 1 is 1.07 bits per heavy atom. The van der Waals surface area contributed by atoms with E-state index in [9.17, 15) is 9.90 Å². The highest BCUT2D eigenvalue weighted by Gasteiger charge is 2.31. The number of allylic oxidation sites excluding steroid dienone is 1. The molecule has 0 saturated carbocycles. The van der Waals surface area contributed by atoms with E-state index in [1.165, 1.54) is 17.6 Å². The Bertz CT molecular complexity index is 1790. The minimum absolute atomic E-state index is 0.146. The number of hydrogen-bond donors (Lipinski definition) is 2. The normalized spacial score (nSPS) is 20.1. The maximum atomic E-state index is 12.4. The number of fused-ring (bicyclic) bond motifs is 2. The monoisotopic (exact) mass is 639 g/mol. The van der Waals surface area contributed by atoms with Crippen molar-refractivity contribution < 1.29 is 14.6 Å². The molecule has 2 aliphatic heterocycles. The third kappa shape index (κ3) is 6.20. The largest absolute Gasteiger partial charge is 0.478 e. The topological polar surface area (TPSA) is 84.9 Å². The standard InChI is InChI=1S/C37H42ClN5O3/c1-24-23-43(33-20-27-11-14-39-34(27)40-35(33)46-24)32-21-29(8-9-30(32)36(44)45)42-18-16-41(17-19-42)15-12-26-10-13-37(2,3)22-31(26)25-4-6-28(38)7-5-25/h4-9,11,14,20-21,24H,10,12-13,15-19,22-23H2,1-3H3,(H,39,40)(H,44,45)/t24-/m0/s1. The van der Waals surface area contributed by atoms with E-state index in [1.807, 2.05) is 49.5 Å². The number of aromatic amines is 1. The van der Waals surface area contributed by atoms with Crippen LogP contribution in [0.2, 0.25) is 5.02 Å². The Morgan fingerprint density at radius 2 is 1.85 bits per heavy atom. The van der Waals surface area contributed by atoms with Gasteiger partial charge in [0, 0.05) is 55.0 Å². The van der Waals surface area contributed by atoms with Gasteiger partial charge >= 0.3 is 5.97 Å². The molecule has 1 fully saturated rings. The lowest BCUT2D eigenvalue weighted by molar-refractivity contribution is 0.0697. The first kappa shape index (κ1) is 30.6. The van der Waals surface area contributed by atoms with Crippen LogP contribution in [0.5, 0.6) is 5.88 Å². The zero-order valence-electron chi connectivity index (χ0n) is 26.9. The summed E-state index contributed by atoms with van der Waals surface area (Å²) in [4.78, 5) is 27.3. The lowest BCUT2D eigenvalue weighted by Gasteiger charge is -2.38. The zero-order valence-corrected chi connectivity index (χ0v) is 27.6. The van der Waals surface area contributed by atoms with E-state index in [-0.39, 0.29) is 11.7 Å². The molecule has 46 heavy (non-hydrogen) atoms. The van der Waals surface area contributed by atoms with E-state index >= 15 is 0 Å². The molecule has 9 heteroatoms. The van der Waals surface area contributed by atoms with Gasteiger partial charge in [0.25, 0.3) is 0 Å². The van der Waals surface area contributed by atoms with Crippen molar-refractivity contribution in [1.29, 1.82) is 0 Å². The molecule has 4 heterocycles. The van der Waals surface area contributed by atoms with E-state index in [2.05, 4.69) is 50.6 Å². The first-order valence-corrected chi connectivity index (χ1v) is 16.8. The van der Waals surface area contributed by atoms with Gasteiger partial charge in [-0.15, -0.1) is 0 Å². The van der Waals surface area contributed by atoms with Gasteiger partial charge in [0.15, 0.2) is 0 Å². The third-order valence-corrected chi connectivity index (χ3v) is 10.1. The lowest BCUT2D eigenvalue weighted by atomic mass is 9.72. The molecule has 2 aromatic heterocycles. The first-order valence-electron chi connectivity index (χ1n) is 16.4. The number of nitrogens with one attached hydrogen (secondary N) is 1. The predicted octanol–water partition coefficient (Wildman–Crippen LogP) is 8.01. The Hall–Kier alpha value is -4.01. The number of pyridine rings is 1. The van der Waals surface area contributed by atoms with Gasteiger partial charge in [-0.05, 0) is 91.6 Å². The van der Waals surface area contributed by atoms with Crippen molar-refractivity contribution in [2.45, 2.75) is 52.6 Å². The van der Waals surface area contributed by atoms with Crippen LogP contribution in [-0.2, 0) is 0 Å². The van der Waals surface area contributed by atoms with Crippen molar-refractivity contribution in [2.24, 2.45) is 5.41 Å². The summed E-state index contributed by atoms with van der Waals surface area (Å²) in [5, 5.41) is 11.9. The second kappa shape index (κ2) is 12.3. The number of piperazine rings is 1. The number of carbonyl (C=O) groups is 1. The number of benzene rings is 2. The third-order valence-electron chi connectivity index (χ3n) is 9.87. The van der Waals surface area contributed by atoms with Gasteiger partial charge < -0.3 is 24.6 Å². The molecule has 0 bridgehead atoms. The predicted molar refractivity (Wildman–Crippen MR) is 186 cm³/mol. The number of carboxylic acid groups (broad SMARTS) is 1. The average molecular weight is 640 g/mol. The number of hydrogen-bond acceptors (Lipinski definition) is 6. The van der Waals surface area contributed by atoms with Crippen molar-refractivity contribution in [1.82, 2.24) is 14.9 Å². The number of nitrogens with zero attached hydrogens (tertiary/aromatic N) is 4. The van der Waals surface area contributed by atoms with Gasteiger partial charge in [0.1, 0.15) is 17.4 Å². The van der Waals surface area contributed by atoms with Crippen LogP contribution in [-0.4, -0.2) is 71.3 Å². The summed E-state index contributed by atoms with van der Waals surface area (Å²) < 4.78 is 6.09. The molecule has 0 radical (unpaired) electrons. The fraction of sp³-hybridized carbons (Fsp3) is 0.405. The molecule has 1 aliphatic carbocycles. The van der Waals surface area contributed by atoms with Gasteiger partial charge in [-0.25, -0.2) is 4.79 Å². The second-order valence-electron chi connectivity index (χ2n) is 13.8. The van der Waals surface area contributed by atoms with E-state index in [4.69, 9.17) is 16.3 Å². The van der Waals surface area contributed by atoms with Gasteiger partial charge in [0.05, 0.1) is 17.8 Å². The molecule has 7 rings (SSSR count). The Kier molecular flexibility index (Phi) is 8.19. The van der Waals surface area contributed by atoms with Crippen LogP contribution >= 0.6 is 11.6 Å². The summed E-state index contributed by atoms with van der Waals surface area (Å²) in [7, 11) is 0. The summed E-state index contributed by atoms with van der Waals surface area (Å²) in [5.74, 6) is -0.430. The van der Waals surface area contributed by atoms with E-state index < -0.39 is 5.97 Å². The Morgan fingerprint density at radius 3 is 2.61 bits per heavy atom. The van der Waals surface area contributed by atoms with Crippen LogP contribution < -0.4 is 14.5 Å². The molecule has 0 amide bonds. The van der Waals surface area contributed by atoms with Crippen LogP contribution in [0.4, 0.5) is 17.1 Å². The molecule has 8 nitrogen and oxygen atoms in total. The number of ether oxygens (including phenoxy) is 1. The van der Waals surface area contributed by atoms with Gasteiger partial charge in [-0.1, -0.05) is 43.2 Å². The minimum Gasteiger partial charge on any atom is -0.478 e. The van der Waals surface area contributed by atoms with Crippen molar-refractivity contribution in [3.63, 3.8) is 0 Å². The molecule has 0 unspecified atom stereocenters. The number of H-pyrrole nitrogens is 1. The van der Waals surface area contributed by atoms with Crippen molar-refractivity contribution in [3.05, 3.63) is 82.5 Å². The molecule has 0 spiro atoms. The zero-order chi connectivity index (χ0) is 32.0. The number of halogens is 1. The smallest absolute Gasteiger partial charge is 0.337 e. The summed E-state index contributed by atoms with van der Waals surface area (Å²) in [6, 6.07) is 18.1. The second-order valence-corrected chi connectivity index (χ2v) is 14.2. The molecule has 240 valence electrons. The van der Waals surface area contributed by atoms with Crippen LogP contribution in [0.25, 0.3) is 16.6 Å². The molecule has 3 aliphatic rings. The maximum absolute atomic E-state index is 12.4. The molecular formula is C37H42ClN5O3. The molecule has 1 atom stereocenters. The summed E-state index contributed by atoms with van der Waals surface area (Å²) in [6.07, 6.45) is 6.27. The Balaban J connectivity index is 1.07. The van der Waals surface area contributed by atoms with Crippen LogP contribution in [0.3, 0.4) is 0 Å². The highest BCUT2D eigenvalue weighted by molar-refractivity contribution is 6.30. The highest BCUT2D eigenvalue weighted by Crippen LogP contribution is 2.44. The van der Waals surface area contributed by atoms with Gasteiger partial charge in [0.2, 0.25) is 5.88 Å². The minimum atomic E-state index is -0.943. The fourth-order valence-corrected chi connectivity index (χ4v) is 7.38. The van der Waals surface area contributed by atoms with Gasteiger partial charge in [-0.2, -0.15) is 4.98 Å². The summed E-state index contributed by atoms with van der Waals surface area (Å²) in [6.45, 7) is 12.1. The van der Waals surface area contributed by atoms with Crippen LogP contribution in [0.1, 0.15) is 62.4 Å². The number of carboxylic acids is 1. The number of aromatic nitrogens is 2. The number of rotatable bonds is 7. The molecule has 4 aromatic rings. The quantitative estimate of drug-likeness (QED) is 0.212. The average Bonchev–Trinajstić information content (AvgIpc) is 3.50. The summed E-state index contributed by atoms with van der Waals surface area (Å²) in [5.41, 5.74) is 8.23. The Labute approximate surface area is 275 Å².